The van der Waals surface area contributed by atoms with Gasteiger partial charge in [-0.1, -0.05) is 6.07 Å². The summed E-state index contributed by atoms with van der Waals surface area (Å²) >= 11 is 0. The lowest BCUT2D eigenvalue weighted by Crippen LogP contribution is -2.25. The standard InChI is InChI=1S/C9H15N3O2S/c1-12(6-7-15(2,13)14)9-5-3-4-8(10)11-9/h3-5H,6-7H2,1-2H3,(H2,10,11). The fourth-order valence-corrected chi connectivity index (χ4v) is 1.67. The monoisotopic (exact) mass is 229 g/mol. The topological polar surface area (TPSA) is 76.3 Å². The summed E-state index contributed by atoms with van der Waals surface area (Å²) in [4.78, 5) is 5.84. The smallest absolute Gasteiger partial charge is 0.149 e. The SMILES string of the molecule is CN(CCS(C)(=O)=O)c1cccc(N)n1. The van der Waals surface area contributed by atoms with E-state index in [9.17, 15) is 8.42 Å². The molecule has 0 aliphatic heterocycles. The molecule has 0 aromatic carbocycles. The van der Waals surface area contributed by atoms with Crippen LogP contribution in [-0.4, -0.2) is 39.0 Å². The fraction of sp³-hybridized carbons (Fsp3) is 0.444. The van der Waals surface area contributed by atoms with Crippen LogP contribution in [-0.2, 0) is 9.84 Å². The number of nitrogens with zero attached hydrogens (tertiary/aromatic N) is 2. The Morgan fingerprint density at radius 3 is 2.67 bits per heavy atom. The summed E-state index contributed by atoms with van der Waals surface area (Å²) in [6, 6.07) is 5.27. The largest absolute Gasteiger partial charge is 0.384 e. The Hall–Kier alpha value is -1.30. The molecule has 0 atom stereocenters. The van der Waals surface area contributed by atoms with Crippen LogP contribution in [0.25, 0.3) is 0 Å². The van der Waals surface area contributed by atoms with E-state index in [2.05, 4.69) is 4.98 Å². The minimum atomic E-state index is -2.94. The molecule has 0 bridgehead atoms. The molecule has 0 aliphatic rings. The Morgan fingerprint density at radius 1 is 1.47 bits per heavy atom. The third-order valence-corrected chi connectivity index (χ3v) is 2.87. The lowest BCUT2D eigenvalue weighted by Gasteiger charge is -2.17. The second-order valence-corrected chi connectivity index (χ2v) is 5.73. The van der Waals surface area contributed by atoms with Crippen molar-refractivity contribution in [3.05, 3.63) is 18.2 Å². The van der Waals surface area contributed by atoms with Crippen LogP contribution < -0.4 is 10.6 Å². The van der Waals surface area contributed by atoms with Crippen LogP contribution in [0.3, 0.4) is 0 Å². The van der Waals surface area contributed by atoms with Gasteiger partial charge in [0.25, 0.3) is 0 Å². The van der Waals surface area contributed by atoms with Gasteiger partial charge >= 0.3 is 0 Å². The molecule has 0 aliphatic carbocycles. The number of pyridine rings is 1. The Bertz CT molecular complexity index is 431. The zero-order chi connectivity index (χ0) is 11.5. The van der Waals surface area contributed by atoms with E-state index < -0.39 is 9.84 Å². The quantitative estimate of drug-likeness (QED) is 0.795. The van der Waals surface area contributed by atoms with Gasteiger partial charge in [-0.3, -0.25) is 0 Å². The lowest BCUT2D eigenvalue weighted by atomic mass is 10.4. The molecular formula is C9H15N3O2S. The van der Waals surface area contributed by atoms with E-state index in [1.165, 1.54) is 6.26 Å². The summed E-state index contributed by atoms with van der Waals surface area (Å²) in [5.74, 6) is 1.22. The average Bonchev–Trinajstić information content (AvgIpc) is 2.13. The first-order chi connectivity index (χ1) is 6.88. The highest BCUT2D eigenvalue weighted by molar-refractivity contribution is 7.90. The number of nitrogen functional groups attached to an aromatic ring is 1. The first-order valence-electron chi connectivity index (χ1n) is 4.50. The zero-order valence-electron chi connectivity index (χ0n) is 8.84. The zero-order valence-corrected chi connectivity index (χ0v) is 9.66. The van der Waals surface area contributed by atoms with Gasteiger partial charge < -0.3 is 10.6 Å². The molecule has 0 saturated carbocycles. The first kappa shape index (κ1) is 11.8. The molecule has 0 spiro atoms. The van der Waals surface area contributed by atoms with Gasteiger partial charge in [-0.05, 0) is 12.1 Å². The van der Waals surface area contributed by atoms with Crippen LogP contribution in [0, 0.1) is 0 Å². The van der Waals surface area contributed by atoms with Crippen molar-refractivity contribution in [3.63, 3.8) is 0 Å². The van der Waals surface area contributed by atoms with Gasteiger partial charge in [-0.2, -0.15) is 0 Å². The van der Waals surface area contributed by atoms with Crippen molar-refractivity contribution >= 4 is 21.5 Å². The van der Waals surface area contributed by atoms with Crippen molar-refractivity contribution in [3.8, 4) is 0 Å². The summed E-state index contributed by atoms with van der Waals surface area (Å²) < 4.78 is 21.9. The van der Waals surface area contributed by atoms with Crippen LogP contribution in [0.2, 0.25) is 0 Å². The molecule has 0 unspecified atom stereocenters. The third-order valence-electron chi connectivity index (χ3n) is 1.94. The maximum absolute atomic E-state index is 11.0. The Labute approximate surface area is 89.8 Å². The molecule has 1 aromatic heterocycles. The van der Waals surface area contributed by atoms with Crippen molar-refractivity contribution in [2.24, 2.45) is 0 Å². The second kappa shape index (κ2) is 4.48. The Morgan fingerprint density at radius 2 is 2.13 bits per heavy atom. The summed E-state index contributed by atoms with van der Waals surface area (Å²) in [6.07, 6.45) is 1.22. The lowest BCUT2D eigenvalue weighted by molar-refractivity contribution is 0.601. The van der Waals surface area contributed by atoms with Crippen LogP contribution in [0.1, 0.15) is 0 Å². The third kappa shape index (κ3) is 4.16. The van der Waals surface area contributed by atoms with Crippen LogP contribution in [0.15, 0.2) is 18.2 Å². The molecule has 15 heavy (non-hydrogen) atoms. The summed E-state index contributed by atoms with van der Waals surface area (Å²) in [5, 5.41) is 0. The van der Waals surface area contributed by atoms with E-state index in [-0.39, 0.29) is 5.75 Å². The van der Waals surface area contributed by atoms with Crippen LogP contribution >= 0.6 is 0 Å². The molecule has 1 aromatic rings. The van der Waals surface area contributed by atoms with Gasteiger partial charge in [0, 0.05) is 19.8 Å². The number of hydrogen-bond acceptors (Lipinski definition) is 5. The number of sulfone groups is 1. The van der Waals surface area contributed by atoms with Gasteiger partial charge in [-0.25, -0.2) is 13.4 Å². The summed E-state index contributed by atoms with van der Waals surface area (Å²) in [6.45, 7) is 0.412. The molecule has 84 valence electrons. The maximum Gasteiger partial charge on any atom is 0.149 e. The highest BCUT2D eigenvalue weighted by atomic mass is 32.2. The molecule has 1 heterocycles. The van der Waals surface area contributed by atoms with Crippen molar-refractivity contribution in [1.82, 2.24) is 4.98 Å². The molecule has 0 radical (unpaired) electrons. The molecule has 0 amide bonds. The van der Waals surface area contributed by atoms with E-state index in [4.69, 9.17) is 5.73 Å². The molecule has 1 rings (SSSR count). The predicted octanol–water partition coefficient (Wildman–Crippen LogP) is 0.145. The number of rotatable bonds is 4. The fourth-order valence-electron chi connectivity index (χ4n) is 1.07. The van der Waals surface area contributed by atoms with Gasteiger partial charge in [0.05, 0.1) is 5.75 Å². The van der Waals surface area contributed by atoms with Crippen LogP contribution in [0.4, 0.5) is 11.6 Å². The van der Waals surface area contributed by atoms with Crippen molar-refractivity contribution in [2.75, 3.05) is 36.2 Å². The van der Waals surface area contributed by atoms with Gasteiger partial charge in [0.15, 0.2) is 0 Å². The number of anilines is 2. The number of hydrogen-bond donors (Lipinski definition) is 1. The van der Waals surface area contributed by atoms with Gasteiger partial charge in [0.2, 0.25) is 0 Å². The summed E-state index contributed by atoms with van der Waals surface area (Å²) in [7, 11) is -1.15. The van der Waals surface area contributed by atoms with E-state index in [1.807, 2.05) is 0 Å². The Balaban J connectivity index is 2.65. The van der Waals surface area contributed by atoms with Gasteiger partial charge in [-0.15, -0.1) is 0 Å². The van der Waals surface area contributed by atoms with E-state index in [1.54, 1.807) is 30.1 Å². The van der Waals surface area contributed by atoms with Gasteiger partial charge in [0.1, 0.15) is 21.5 Å². The normalized spacial score (nSPS) is 11.3. The number of aromatic nitrogens is 1. The van der Waals surface area contributed by atoms with Crippen molar-refractivity contribution < 1.29 is 8.42 Å². The molecule has 5 nitrogen and oxygen atoms in total. The maximum atomic E-state index is 11.0. The molecule has 0 fully saturated rings. The molecule has 6 heteroatoms. The average molecular weight is 229 g/mol. The molecule has 0 saturated heterocycles. The highest BCUT2D eigenvalue weighted by Gasteiger charge is 2.07. The van der Waals surface area contributed by atoms with Crippen molar-refractivity contribution in [1.29, 1.82) is 0 Å². The van der Waals surface area contributed by atoms with Crippen LogP contribution in [0.5, 0.6) is 0 Å². The highest BCUT2D eigenvalue weighted by Crippen LogP contribution is 2.10. The molecule has 2 N–H and O–H groups in total. The van der Waals surface area contributed by atoms with E-state index in [0.717, 1.165) is 0 Å². The minimum Gasteiger partial charge on any atom is -0.384 e. The predicted molar refractivity (Wildman–Crippen MR) is 61.6 cm³/mol. The van der Waals surface area contributed by atoms with E-state index in [0.29, 0.717) is 18.2 Å². The number of nitrogens with two attached hydrogens (primary N) is 1. The second-order valence-electron chi connectivity index (χ2n) is 3.47. The van der Waals surface area contributed by atoms with Crippen molar-refractivity contribution in [2.45, 2.75) is 0 Å². The first-order valence-corrected chi connectivity index (χ1v) is 6.56. The van der Waals surface area contributed by atoms with E-state index >= 15 is 0 Å². The minimum absolute atomic E-state index is 0.111. The Kier molecular flexibility index (Phi) is 3.52. The molecular weight excluding hydrogens is 214 g/mol. The summed E-state index contributed by atoms with van der Waals surface area (Å²) in [5.41, 5.74) is 5.52.